The molecule has 0 N–H and O–H groups in total. The Morgan fingerprint density at radius 1 is 1.06 bits per heavy atom. The van der Waals surface area contributed by atoms with E-state index in [4.69, 9.17) is 4.74 Å². The molecule has 9 heteroatoms. The van der Waals surface area contributed by atoms with Gasteiger partial charge in [0.05, 0.1) is 0 Å². The van der Waals surface area contributed by atoms with Crippen molar-refractivity contribution in [1.29, 1.82) is 0 Å². The maximum Gasteiger partial charge on any atom is 0.534 e. The van der Waals surface area contributed by atoms with Gasteiger partial charge in [0, 0.05) is 18.8 Å². The van der Waals surface area contributed by atoms with E-state index in [1.165, 1.54) is 12.5 Å². The number of esters is 1. The molecule has 0 aromatic heterocycles. The molecule has 0 spiro atoms. The van der Waals surface area contributed by atoms with Crippen molar-refractivity contribution in [2.45, 2.75) is 77.3 Å². The topological polar surface area (TPSA) is 69.7 Å². The average molecular weight is 463 g/mol. The summed E-state index contributed by atoms with van der Waals surface area (Å²) in [5.41, 5.74) is -4.86. The lowest BCUT2D eigenvalue weighted by Gasteiger charge is -2.57. The van der Waals surface area contributed by atoms with Gasteiger partial charge in [-0.05, 0) is 67.8 Å². The van der Waals surface area contributed by atoms with Gasteiger partial charge >= 0.3 is 21.6 Å². The van der Waals surface area contributed by atoms with E-state index in [0.717, 1.165) is 32.1 Å². The summed E-state index contributed by atoms with van der Waals surface area (Å²) in [6, 6.07) is 0. The molecule has 0 bridgehead atoms. The molecule has 31 heavy (non-hydrogen) atoms. The first-order valence-corrected chi connectivity index (χ1v) is 12.3. The maximum absolute atomic E-state index is 12.9. The highest BCUT2D eigenvalue weighted by Crippen LogP contribution is 2.65. The lowest BCUT2D eigenvalue weighted by molar-refractivity contribution is -0.148. The molecule has 0 radical (unpaired) electrons. The zero-order chi connectivity index (χ0) is 22.8. The summed E-state index contributed by atoms with van der Waals surface area (Å²) in [4.78, 5) is 11.4. The molecule has 4 aliphatic carbocycles. The van der Waals surface area contributed by atoms with Crippen LogP contribution >= 0.6 is 0 Å². The van der Waals surface area contributed by atoms with Crippen molar-refractivity contribution in [1.82, 2.24) is 0 Å². The van der Waals surface area contributed by atoms with Gasteiger partial charge in [0.2, 0.25) is 0 Å². The Kier molecular flexibility index (Phi) is 5.30. The van der Waals surface area contributed by atoms with Crippen molar-refractivity contribution in [3.63, 3.8) is 0 Å². The van der Waals surface area contributed by atoms with Gasteiger partial charge in [-0.1, -0.05) is 25.5 Å². The predicted molar refractivity (Wildman–Crippen MR) is 107 cm³/mol. The van der Waals surface area contributed by atoms with Crippen LogP contribution in [0.3, 0.4) is 0 Å². The van der Waals surface area contributed by atoms with E-state index in [9.17, 15) is 26.4 Å². The molecule has 0 amide bonds. The van der Waals surface area contributed by atoms with Crippen molar-refractivity contribution >= 4 is 16.1 Å². The number of hydrogen-bond acceptors (Lipinski definition) is 5. The lowest BCUT2D eigenvalue weighted by Crippen LogP contribution is -2.50. The quantitative estimate of drug-likeness (QED) is 0.248. The van der Waals surface area contributed by atoms with Crippen LogP contribution < -0.4 is 0 Å². The van der Waals surface area contributed by atoms with Gasteiger partial charge in [0.1, 0.15) is 11.9 Å². The molecule has 4 rings (SSSR count). The third kappa shape index (κ3) is 3.60. The standard InChI is InChI=1S/C22H29F3O5S/c1-13(26)29-15-8-10-20(2)14(12-15)4-5-16-17-6-7-19(21(17,3)11-9-18(16)20)30-31(27,28)22(23,24)25/h4,7,15-18H,5-6,8-12H2,1-3H3/t15-,16-,17-,18-,20-,21-/m0/s1. The monoisotopic (exact) mass is 462 g/mol. The summed E-state index contributed by atoms with van der Waals surface area (Å²) in [5, 5.41) is 0. The van der Waals surface area contributed by atoms with Crippen LogP contribution in [0.4, 0.5) is 13.2 Å². The molecule has 4 aliphatic rings. The molecule has 174 valence electrons. The summed E-state index contributed by atoms with van der Waals surface area (Å²) in [6.45, 7) is 5.53. The van der Waals surface area contributed by atoms with Gasteiger partial charge in [-0.3, -0.25) is 4.79 Å². The van der Waals surface area contributed by atoms with Crippen molar-refractivity contribution < 1.29 is 35.3 Å². The van der Waals surface area contributed by atoms with Crippen LogP contribution in [0.1, 0.15) is 65.7 Å². The molecule has 0 saturated heterocycles. The fraction of sp³-hybridized carbons (Fsp3) is 0.773. The normalized spacial score (nSPS) is 40.1. The zero-order valence-corrected chi connectivity index (χ0v) is 18.8. The number of alkyl halides is 3. The van der Waals surface area contributed by atoms with Crippen molar-refractivity contribution in [3.05, 3.63) is 23.5 Å². The number of hydrogen-bond donors (Lipinski definition) is 0. The van der Waals surface area contributed by atoms with E-state index in [-0.39, 0.29) is 35.1 Å². The minimum absolute atomic E-state index is 0.0252. The van der Waals surface area contributed by atoms with Crippen LogP contribution in [0.2, 0.25) is 0 Å². The number of halogens is 3. The van der Waals surface area contributed by atoms with E-state index in [0.29, 0.717) is 18.8 Å². The van der Waals surface area contributed by atoms with Gasteiger partial charge in [0.15, 0.2) is 0 Å². The molecule has 0 aliphatic heterocycles. The highest BCUT2D eigenvalue weighted by Gasteiger charge is 2.59. The molecule has 0 unspecified atom stereocenters. The zero-order valence-electron chi connectivity index (χ0n) is 18.0. The second-order valence-electron chi connectivity index (χ2n) is 9.98. The van der Waals surface area contributed by atoms with Crippen LogP contribution in [-0.2, 0) is 23.8 Å². The molecule has 6 atom stereocenters. The Balaban J connectivity index is 1.55. The summed E-state index contributed by atoms with van der Waals surface area (Å²) in [5.74, 6) is 0.353. The first-order chi connectivity index (χ1) is 14.3. The maximum atomic E-state index is 12.9. The molecular formula is C22H29F3O5S. The number of ether oxygens (including phenoxy) is 1. The van der Waals surface area contributed by atoms with Crippen LogP contribution in [0, 0.1) is 28.6 Å². The molecule has 5 nitrogen and oxygen atoms in total. The molecular weight excluding hydrogens is 433 g/mol. The smallest absolute Gasteiger partial charge is 0.462 e. The van der Waals surface area contributed by atoms with Crippen LogP contribution in [0.25, 0.3) is 0 Å². The van der Waals surface area contributed by atoms with E-state index < -0.39 is 21.0 Å². The van der Waals surface area contributed by atoms with E-state index >= 15 is 0 Å². The van der Waals surface area contributed by atoms with Crippen LogP contribution in [-0.4, -0.2) is 26.0 Å². The second-order valence-corrected chi connectivity index (χ2v) is 11.5. The van der Waals surface area contributed by atoms with Crippen LogP contribution in [0.15, 0.2) is 23.5 Å². The van der Waals surface area contributed by atoms with Crippen molar-refractivity contribution in [3.8, 4) is 0 Å². The van der Waals surface area contributed by atoms with Gasteiger partial charge in [-0.25, -0.2) is 0 Å². The molecule has 0 heterocycles. The average Bonchev–Trinajstić information content (AvgIpc) is 2.96. The number of rotatable bonds is 3. The lowest BCUT2D eigenvalue weighted by atomic mass is 9.48. The van der Waals surface area contributed by atoms with Gasteiger partial charge in [-0.15, -0.1) is 0 Å². The van der Waals surface area contributed by atoms with Gasteiger partial charge < -0.3 is 8.92 Å². The highest BCUT2D eigenvalue weighted by atomic mass is 32.2. The summed E-state index contributed by atoms with van der Waals surface area (Å²) < 4.78 is 71.9. The summed E-state index contributed by atoms with van der Waals surface area (Å²) in [6.07, 6.45) is 8.84. The Morgan fingerprint density at radius 3 is 2.39 bits per heavy atom. The Bertz CT molecular complexity index is 937. The number of allylic oxidation sites excluding steroid dienone is 3. The SMILES string of the molecule is CC(=O)O[C@H]1CC[C@@]2(C)C(=CC[C@@H]3[C@@H]2CC[C@]2(C)C(OS(=O)(=O)C(F)(F)F)=CC[C@@H]32)C1. The van der Waals surface area contributed by atoms with E-state index in [1.54, 1.807) is 6.08 Å². The fourth-order valence-electron chi connectivity index (χ4n) is 6.79. The molecule has 0 aromatic rings. The van der Waals surface area contributed by atoms with Gasteiger partial charge in [-0.2, -0.15) is 21.6 Å². The Hall–Kier alpha value is -1.51. The Labute approximate surface area is 181 Å². The summed E-state index contributed by atoms with van der Waals surface area (Å²) >= 11 is 0. The number of carbonyl (C=O) groups is 1. The number of fused-ring (bicyclic) bond motifs is 5. The van der Waals surface area contributed by atoms with Crippen molar-refractivity contribution in [2.75, 3.05) is 0 Å². The third-order valence-corrected chi connectivity index (χ3v) is 9.35. The fourth-order valence-corrected chi connectivity index (χ4v) is 7.37. The number of carbonyl (C=O) groups excluding carboxylic acids is 1. The largest absolute Gasteiger partial charge is 0.534 e. The van der Waals surface area contributed by atoms with E-state index in [1.807, 2.05) is 6.92 Å². The predicted octanol–water partition coefficient (Wildman–Crippen LogP) is 5.24. The molecule has 2 saturated carbocycles. The Morgan fingerprint density at radius 2 is 1.74 bits per heavy atom. The molecule has 0 aromatic carbocycles. The van der Waals surface area contributed by atoms with Crippen LogP contribution in [0.5, 0.6) is 0 Å². The molecule has 2 fully saturated rings. The third-order valence-electron chi connectivity index (χ3n) is 8.38. The first kappa shape index (κ1) is 22.7. The highest BCUT2D eigenvalue weighted by molar-refractivity contribution is 7.87. The second kappa shape index (κ2) is 7.25. The summed E-state index contributed by atoms with van der Waals surface area (Å²) in [7, 11) is -5.67. The first-order valence-electron chi connectivity index (χ1n) is 10.9. The van der Waals surface area contributed by atoms with Crippen molar-refractivity contribution in [2.24, 2.45) is 28.6 Å². The van der Waals surface area contributed by atoms with E-state index in [2.05, 4.69) is 17.2 Å². The van der Waals surface area contributed by atoms with Gasteiger partial charge in [0.25, 0.3) is 0 Å². The minimum atomic E-state index is -5.67. The minimum Gasteiger partial charge on any atom is -0.462 e.